The van der Waals surface area contributed by atoms with Crippen LogP contribution in [0.15, 0.2) is 71.1 Å². The van der Waals surface area contributed by atoms with Gasteiger partial charge in [0.1, 0.15) is 0 Å². The molecule has 0 unspecified atom stereocenters. The first-order chi connectivity index (χ1) is 10.8. The lowest BCUT2D eigenvalue weighted by molar-refractivity contribution is 0.584. The van der Waals surface area contributed by atoms with Gasteiger partial charge in [0, 0.05) is 16.1 Å². The van der Waals surface area contributed by atoms with Crippen LogP contribution in [0.4, 0.5) is 0 Å². The quantitative estimate of drug-likeness (QED) is 0.510. The zero-order valence-corrected chi connectivity index (χ0v) is 12.3. The molecule has 0 spiro atoms. The van der Waals surface area contributed by atoms with Crippen molar-refractivity contribution in [3.05, 3.63) is 71.8 Å². The molecule has 0 atom stereocenters. The third kappa shape index (κ3) is 2.36. The average molecular weight is 307 g/mol. The molecule has 4 heteroatoms. The molecular weight excluding hydrogens is 296 g/mol. The van der Waals surface area contributed by atoms with Gasteiger partial charge in [0.2, 0.25) is 11.8 Å². The van der Waals surface area contributed by atoms with Crippen LogP contribution in [-0.2, 0) is 0 Å². The SMILES string of the molecule is Clc1cccc(-c2nnc(-c3ccc4ccccc4c3)o2)c1. The van der Waals surface area contributed by atoms with Gasteiger partial charge in [0.05, 0.1) is 0 Å². The third-order valence-electron chi connectivity index (χ3n) is 3.49. The molecule has 0 aliphatic rings. The van der Waals surface area contributed by atoms with Crippen molar-refractivity contribution >= 4 is 22.4 Å². The van der Waals surface area contributed by atoms with Gasteiger partial charge in [-0.1, -0.05) is 48.0 Å². The van der Waals surface area contributed by atoms with Crippen molar-refractivity contribution in [2.24, 2.45) is 0 Å². The molecule has 22 heavy (non-hydrogen) atoms. The molecule has 0 saturated heterocycles. The summed E-state index contributed by atoms with van der Waals surface area (Å²) in [4.78, 5) is 0. The van der Waals surface area contributed by atoms with E-state index in [4.69, 9.17) is 16.0 Å². The molecule has 1 heterocycles. The molecule has 0 N–H and O–H groups in total. The van der Waals surface area contributed by atoms with E-state index < -0.39 is 0 Å². The molecule has 4 rings (SSSR count). The smallest absolute Gasteiger partial charge is 0.248 e. The van der Waals surface area contributed by atoms with Gasteiger partial charge in [-0.3, -0.25) is 0 Å². The van der Waals surface area contributed by atoms with Gasteiger partial charge < -0.3 is 4.42 Å². The van der Waals surface area contributed by atoms with Gasteiger partial charge in [-0.15, -0.1) is 10.2 Å². The van der Waals surface area contributed by atoms with Crippen molar-refractivity contribution in [3.8, 4) is 22.9 Å². The van der Waals surface area contributed by atoms with Gasteiger partial charge in [-0.25, -0.2) is 0 Å². The number of aromatic nitrogens is 2. The Morgan fingerprint density at radius 2 is 1.41 bits per heavy atom. The van der Waals surface area contributed by atoms with Crippen molar-refractivity contribution < 1.29 is 4.42 Å². The lowest BCUT2D eigenvalue weighted by atomic mass is 10.1. The van der Waals surface area contributed by atoms with Crippen LogP contribution in [0.2, 0.25) is 5.02 Å². The summed E-state index contributed by atoms with van der Waals surface area (Å²) < 4.78 is 5.78. The molecule has 0 aliphatic carbocycles. The summed E-state index contributed by atoms with van der Waals surface area (Å²) in [6, 6.07) is 21.6. The first-order valence-corrected chi connectivity index (χ1v) is 7.26. The van der Waals surface area contributed by atoms with Gasteiger partial charge in [0.15, 0.2) is 0 Å². The zero-order chi connectivity index (χ0) is 14.9. The molecule has 0 fully saturated rings. The molecule has 0 radical (unpaired) electrons. The number of nitrogens with zero attached hydrogens (tertiary/aromatic N) is 2. The van der Waals surface area contributed by atoms with E-state index in [1.807, 2.05) is 48.5 Å². The molecule has 0 amide bonds. The van der Waals surface area contributed by atoms with Crippen molar-refractivity contribution in [2.45, 2.75) is 0 Å². The lowest BCUT2D eigenvalue weighted by Gasteiger charge is -1.99. The van der Waals surface area contributed by atoms with Gasteiger partial charge >= 0.3 is 0 Å². The molecule has 0 aliphatic heterocycles. The van der Waals surface area contributed by atoms with E-state index in [9.17, 15) is 0 Å². The van der Waals surface area contributed by atoms with Gasteiger partial charge in [-0.05, 0) is 41.1 Å². The molecule has 3 aromatic carbocycles. The zero-order valence-electron chi connectivity index (χ0n) is 11.5. The maximum Gasteiger partial charge on any atom is 0.248 e. The van der Waals surface area contributed by atoms with E-state index in [0.29, 0.717) is 16.8 Å². The minimum Gasteiger partial charge on any atom is -0.416 e. The Balaban J connectivity index is 1.76. The molecule has 0 bridgehead atoms. The monoisotopic (exact) mass is 306 g/mol. The van der Waals surface area contributed by atoms with E-state index in [1.165, 1.54) is 5.39 Å². The summed E-state index contributed by atoms with van der Waals surface area (Å²) in [6.07, 6.45) is 0. The Morgan fingerprint density at radius 1 is 0.682 bits per heavy atom. The Kier molecular flexibility index (Phi) is 3.13. The Morgan fingerprint density at radius 3 is 2.18 bits per heavy atom. The standard InChI is InChI=1S/C18H11ClN2O/c19-16-7-3-6-14(11-16)17-20-21-18(22-17)15-9-8-12-4-1-2-5-13(12)10-15/h1-11H. The van der Waals surface area contributed by atoms with Crippen molar-refractivity contribution in [2.75, 3.05) is 0 Å². The summed E-state index contributed by atoms with van der Waals surface area (Å²) in [7, 11) is 0. The predicted molar refractivity (Wildman–Crippen MR) is 87.7 cm³/mol. The van der Waals surface area contributed by atoms with Crippen LogP contribution in [-0.4, -0.2) is 10.2 Å². The van der Waals surface area contributed by atoms with Crippen molar-refractivity contribution in [1.82, 2.24) is 10.2 Å². The lowest BCUT2D eigenvalue weighted by Crippen LogP contribution is -1.79. The minimum atomic E-state index is 0.464. The minimum absolute atomic E-state index is 0.464. The fourth-order valence-corrected chi connectivity index (χ4v) is 2.59. The fourth-order valence-electron chi connectivity index (χ4n) is 2.40. The van der Waals surface area contributed by atoms with E-state index >= 15 is 0 Å². The van der Waals surface area contributed by atoms with Crippen LogP contribution in [0.1, 0.15) is 0 Å². The Hall–Kier alpha value is -2.65. The van der Waals surface area contributed by atoms with E-state index in [-0.39, 0.29) is 0 Å². The summed E-state index contributed by atoms with van der Waals surface area (Å²) in [5.41, 5.74) is 1.71. The molecule has 106 valence electrons. The van der Waals surface area contributed by atoms with Gasteiger partial charge in [-0.2, -0.15) is 0 Å². The summed E-state index contributed by atoms with van der Waals surface area (Å²) in [6.45, 7) is 0. The summed E-state index contributed by atoms with van der Waals surface area (Å²) in [5, 5.41) is 11.2. The first kappa shape index (κ1) is 13.0. The van der Waals surface area contributed by atoms with Crippen LogP contribution in [0, 0.1) is 0 Å². The average Bonchev–Trinajstić information content (AvgIpc) is 3.04. The molecule has 4 aromatic rings. The maximum absolute atomic E-state index is 5.99. The molecule has 3 nitrogen and oxygen atoms in total. The summed E-state index contributed by atoms with van der Waals surface area (Å²) >= 11 is 5.99. The largest absolute Gasteiger partial charge is 0.416 e. The maximum atomic E-state index is 5.99. The van der Waals surface area contributed by atoms with Crippen LogP contribution >= 0.6 is 11.6 Å². The normalized spacial score (nSPS) is 11.0. The number of fused-ring (bicyclic) bond motifs is 1. The van der Waals surface area contributed by atoms with E-state index in [0.717, 1.165) is 16.5 Å². The highest BCUT2D eigenvalue weighted by Gasteiger charge is 2.11. The molecule has 1 aromatic heterocycles. The van der Waals surface area contributed by atoms with Crippen molar-refractivity contribution in [1.29, 1.82) is 0 Å². The highest BCUT2D eigenvalue weighted by atomic mass is 35.5. The van der Waals surface area contributed by atoms with Crippen LogP contribution < -0.4 is 0 Å². The fraction of sp³-hybridized carbons (Fsp3) is 0. The highest BCUT2D eigenvalue weighted by Crippen LogP contribution is 2.27. The predicted octanol–water partition coefficient (Wildman–Crippen LogP) is 5.21. The third-order valence-corrected chi connectivity index (χ3v) is 3.73. The second kappa shape index (κ2) is 5.28. The van der Waals surface area contributed by atoms with Gasteiger partial charge in [0.25, 0.3) is 0 Å². The second-order valence-electron chi connectivity index (χ2n) is 4.98. The summed E-state index contributed by atoms with van der Waals surface area (Å²) in [5.74, 6) is 0.964. The van der Waals surface area contributed by atoms with Crippen LogP contribution in [0.5, 0.6) is 0 Å². The Labute approximate surface area is 132 Å². The Bertz CT molecular complexity index is 962. The number of hydrogen-bond donors (Lipinski definition) is 0. The van der Waals surface area contributed by atoms with E-state index in [2.05, 4.69) is 22.3 Å². The van der Waals surface area contributed by atoms with Crippen molar-refractivity contribution in [3.63, 3.8) is 0 Å². The number of hydrogen-bond acceptors (Lipinski definition) is 3. The second-order valence-corrected chi connectivity index (χ2v) is 5.42. The topological polar surface area (TPSA) is 38.9 Å². The number of benzene rings is 3. The highest BCUT2D eigenvalue weighted by molar-refractivity contribution is 6.30. The van der Waals surface area contributed by atoms with E-state index in [1.54, 1.807) is 6.07 Å². The number of halogens is 1. The van der Waals surface area contributed by atoms with Crippen LogP contribution in [0.25, 0.3) is 33.7 Å². The van der Waals surface area contributed by atoms with Crippen LogP contribution in [0.3, 0.4) is 0 Å². The molecular formula is C18H11ClN2O. The molecule has 0 saturated carbocycles. The first-order valence-electron chi connectivity index (χ1n) is 6.88. The number of rotatable bonds is 2.